The number of sulfone groups is 2. The molecule has 0 aromatic rings. The van der Waals surface area contributed by atoms with Crippen molar-refractivity contribution < 1.29 is 31.2 Å². The first-order valence-corrected chi connectivity index (χ1v) is 26.9. The molecule has 0 radical (unpaired) electrons. The summed E-state index contributed by atoms with van der Waals surface area (Å²) in [6.45, 7) is 10.5. The van der Waals surface area contributed by atoms with Crippen LogP contribution < -0.4 is 16.0 Å². The maximum Gasteiger partial charge on any atom is 0.240 e. The molecular weight excluding hydrogens is 789 g/mol. The third-order valence-corrected chi connectivity index (χ3v) is 18.9. The second-order valence-electron chi connectivity index (χ2n) is 18.8. The highest BCUT2D eigenvalue weighted by atomic mass is 32.2. The van der Waals surface area contributed by atoms with Crippen LogP contribution in [0, 0.1) is 23.7 Å². The fraction of sp³-hybridized carbons (Fsp3) is 0.932. The lowest BCUT2D eigenvalue weighted by atomic mass is 9.97. The zero-order valence-electron chi connectivity index (χ0n) is 37.6. The Balaban J connectivity index is 0.000000196. The van der Waals surface area contributed by atoms with E-state index in [9.17, 15) is 31.2 Å². The van der Waals surface area contributed by atoms with Crippen LogP contribution in [-0.2, 0) is 34.1 Å². The molecule has 8 unspecified atom stereocenters. The smallest absolute Gasteiger partial charge is 0.240 e. The third-order valence-electron chi connectivity index (χ3n) is 14.4. The van der Waals surface area contributed by atoms with Gasteiger partial charge in [0.05, 0.1) is 40.1 Å². The van der Waals surface area contributed by atoms with Gasteiger partial charge in [-0.2, -0.15) is 0 Å². The van der Waals surface area contributed by atoms with Crippen molar-refractivity contribution in [1.29, 1.82) is 0 Å². The molecule has 5 saturated heterocycles. The number of hydrogen-bond acceptors (Lipinski definition) is 10. The summed E-state index contributed by atoms with van der Waals surface area (Å²) >= 11 is 0. The average molecular weight is 871 g/mol. The predicted molar refractivity (Wildman–Crippen MR) is 238 cm³/mol. The molecule has 59 heavy (non-hydrogen) atoms. The van der Waals surface area contributed by atoms with Crippen LogP contribution in [0.25, 0.3) is 0 Å². The Labute approximate surface area is 358 Å². The molecule has 0 spiro atoms. The minimum atomic E-state index is -3.01. The summed E-state index contributed by atoms with van der Waals surface area (Å²) in [5, 5.41) is 8.70. The van der Waals surface area contributed by atoms with E-state index in [1.54, 1.807) is 23.9 Å². The Kier molecular flexibility index (Phi) is 20.4. The number of hydrogen-bond donors (Lipinski definition) is 3. The van der Waals surface area contributed by atoms with Gasteiger partial charge in [0, 0.05) is 39.3 Å². The fourth-order valence-corrected chi connectivity index (χ4v) is 14.3. The highest BCUT2D eigenvalue weighted by Gasteiger charge is 2.38. The van der Waals surface area contributed by atoms with Gasteiger partial charge in [-0.25, -0.2) is 16.8 Å². The number of nitrogens with one attached hydrogen (secondary N) is 3. The summed E-state index contributed by atoms with van der Waals surface area (Å²) in [4.78, 5) is 43.4. The van der Waals surface area contributed by atoms with E-state index in [2.05, 4.69) is 41.6 Å². The Morgan fingerprint density at radius 2 is 0.763 bits per heavy atom. The van der Waals surface area contributed by atoms with Crippen molar-refractivity contribution >= 4 is 37.4 Å². The molecular formula is C44H82N6O7S2. The molecule has 0 aromatic carbocycles. The van der Waals surface area contributed by atoms with Crippen molar-refractivity contribution in [2.45, 2.75) is 165 Å². The number of carbonyl (C=O) groups excluding carboxylic acids is 3. The topological polar surface area (TPSA) is 165 Å². The third kappa shape index (κ3) is 14.4. The first kappa shape index (κ1) is 49.8. The minimum Gasteiger partial charge on any atom is -0.341 e. The van der Waals surface area contributed by atoms with E-state index in [1.807, 2.05) is 7.05 Å². The normalized spacial score (nSPS) is 33.6. The van der Waals surface area contributed by atoms with Gasteiger partial charge in [-0.1, -0.05) is 59.3 Å². The Morgan fingerprint density at radius 3 is 1.08 bits per heavy atom. The van der Waals surface area contributed by atoms with E-state index < -0.39 is 19.7 Å². The van der Waals surface area contributed by atoms with E-state index in [0.717, 1.165) is 76.8 Å². The first-order valence-electron chi connectivity index (χ1n) is 23.4. The van der Waals surface area contributed by atoms with Crippen LogP contribution in [0.5, 0.6) is 0 Å². The number of likely N-dealkylation sites (N-methyl/N-ethyl adjacent to an activating group) is 3. The number of carbonyl (C=O) groups is 3. The molecule has 0 aromatic heterocycles. The molecule has 0 bridgehead atoms. The molecule has 6 fully saturated rings. The highest BCUT2D eigenvalue weighted by Crippen LogP contribution is 2.28. The van der Waals surface area contributed by atoms with Crippen LogP contribution in [0.3, 0.4) is 0 Å². The molecule has 3 N–H and O–H groups in total. The maximum atomic E-state index is 12.6. The van der Waals surface area contributed by atoms with E-state index >= 15 is 0 Å². The van der Waals surface area contributed by atoms with E-state index in [1.165, 1.54) is 44.9 Å². The van der Waals surface area contributed by atoms with Crippen molar-refractivity contribution in [2.75, 3.05) is 71.9 Å². The second kappa shape index (κ2) is 24.1. The van der Waals surface area contributed by atoms with Crippen molar-refractivity contribution in [3.8, 4) is 0 Å². The fourth-order valence-electron chi connectivity index (χ4n) is 10.5. The quantitative estimate of drug-likeness (QED) is 0.283. The summed E-state index contributed by atoms with van der Waals surface area (Å²) in [6.07, 6.45) is 19.2. The summed E-state index contributed by atoms with van der Waals surface area (Å²) < 4.78 is 48.4. The molecule has 15 heteroatoms. The Hall–Kier alpha value is -1.81. The number of amides is 3. The maximum absolute atomic E-state index is 12.6. The van der Waals surface area contributed by atoms with Gasteiger partial charge in [0.1, 0.15) is 0 Å². The highest BCUT2D eigenvalue weighted by molar-refractivity contribution is 7.92. The Morgan fingerprint density at radius 1 is 0.441 bits per heavy atom. The summed E-state index contributed by atoms with van der Waals surface area (Å²) in [7, 11) is -0.485. The van der Waals surface area contributed by atoms with Crippen LogP contribution in [0.1, 0.15) is 136 Å². The van der Waals surface area contributed by atoms with E-state index in [4.69, 9.17) is 0 Å². The molecule has 13 nitrogen and oxygen atoms in total. The molecule has 1 aliphatic carbocycles. The lowest BCUT2D eigenvalue weighted by Gasteiger charge is -2.31. The first-order chi connectivity index (χ1) is 28.1. The number of nitrogens with zero attached hydrogens (tertiary/aromatic N) is 3. The average Bonchev–Trinajstić information content (AvgIpc) is 3.64. The van der Waals surface area contributed by atoms with Crippen LogP contribution >= 0.6 is 0 Å². The summed E-state index contributed by atoms with van der Waals surface area (Å²) in [6, 6.07) is -0.319. The summed E-state index contributed by atoms with van der Waals surface area (Å²) in [5.41, 5.74) is 0. The van der Waals surface area contributed by atoms with Gasteiger partial charge in [-0.15, -0.1) is 0 Å². The molecule has 3 amide bonds. The lowest BCUT2D eigenvalue weighted by Crippen LogP contribution is -2.50. The number of rotatable bonds is 9. The zero-order valence-corrected chi connectivity index (χ0v) is 39.2. The van der Waals surface area contributed by atoms with Crippen LogP contribution in [0.2, 0.25) is 0 Å². The van der Waals surface area contributed by atoms with E-state index in [-0.39, 0.29) is 51.9 Å². The second-order valence-corrected chi connectivity index (χ2v) is 23.6. The van der Waals surface area contributed by atoms with Gasteiger partial charge < -0.3 is 30.7 Å². The molecule has 342 valence electrons. The predicted octanol–water partition coefficient (Wildman–Crippen LogP) is 4.40. The van der Waals surface area contributed by atoms with Crippen molar-refractivity contribution in [3.63, 3.8) is 0 Å². The Bertz CT molecular complexity index is 1460. The van der Waals surface area contributed by atoms with Gasteiger partial charge in [-0.3, -0.25) is 14.4 Å². The zero-order chi connectivity index (χ0) is 43.2. The monoisotopic (exact) mass is 871 g/mol. The van der Waals surface area contributed by atoms with Gasteiger partial charge >= 0.3 is 0 Å². The lowest BCUT2D eigenvalue weighted by molar-refractivity contribution is -0.134. The van der Waals surface area contributed by atoms with Crippen molar-refractivity contribution in [3.05, 3.63) is 0 Å². The van der Waals surface area contributed by atoms with Crippen LogP contribution in [0.15, 0.2) is 0 Å². The van der Waals surface area contributed by atoms with E-state index in [0.29, 0.717) is 62.7 Å². The van der Waals surface area contributed by atoms with Gasteiger partial charge in [0.25, 0.3) is 0 Å². The number of likely N-dealkylation sites (tertiary alicyclic amines) is 3. The standard InChI is InChI=1S/C16H30N2O.2C14H26N2O3S/c1-13-8-7-11-18(16(19)15(13)17-2)12-14-9-5-3-4-6-10-14;2*1-11-6-5-8-16(14(17)13(11)15-2)10-12-7-3-4-9-20(12,18)19/h13-15,17H,3-12H2,1-2H3;2*11-13,15H,3-10H2,1-2H3. The molecule has 1 saturated carbocycles. The minimum absolute atomic E-state index is 0.0354. The van der Waals surface area contributed by atoms with Gasteiger partial charge in [0.2, 0.25) is 17.7 Å². The van der Waals surface area contributed by atoms with Crippen LogP contribution in [0.4, 0.5) is 0 Å². The molecule has 5 heterocycles. The largest absolute Gasteiger partial charge is 0.341 e. The molecule has 6 rings (SSSR count). The molecule has 6 aliphatic rings. The molecule has 8 atom stereocenters. The summed E-state index contributed by atoms with van der Waals surface area (Å²) in [5.74, 6) is 2.88. The van der Waals surface area contributed by atoms with Crippen molar-refractivity contribution in [2.24, 2.45) is 23.7 Å². The van der Waals surface area contributed by atoms with Crippen LogP contribution in [-0.4, -0.2) is 150 Å². The van der Waals surface area contributed by atoms with Crippen molar-refractivity contribution in [1.82, 2.24) is 30.7 Å². The van der Waals surface area contributed by atoms with Gasteiger partial charge in [-0.05, 0) is 122 Å². The molecule has 5 aliphatic heterocycles. The SMILES string of the molecule is CNC1C(=O)N(CC2CCCCCC2)CCCC1C.CNC1C(=O)N(CC2CCCCS2(=O)=O)CCCC1C.CNC1C(=O)N(CC2CCCCS2(=O)=O)CCCC1C. The van der Waals surface area contributed by atoms with Gasteiger partial charge in [0.15, 0.2) is 19.7 Å².